The van der Waals surface area contributed by atoms with Gasteiger partial charge in [-0.25, -0.2) is 0 Å². The van der Waals surface area contributed by atoms with Gasteiger partial charge in [0.15, 0.2) is 7.51 Å². The van der Waals surface area contributed by atoms with Crippen LogP contribution in [0.25, 0.3) is 0 Å². The largest absolute Gasteiger partial charge is 0.457 e. The van der Waals surface area contributed by atoms with E-state index in [4.69, 9.17) is 14.2 Å². The van der Waals surface area contributed by atoms with E-state index in [0.717, 1.165) is 39.7 Å². The van der Waals surface area contributed by atoms with Crippen molar-refractivity contribution in [3.63, 3.8) is 0 Å². The number of ether oxygens (including phenoxy) is 2. The highest BCUT2D eigenvalue weighted by atomic mass is 31.2. The van der Waals surface area contributed by atoms with Crippen molar-refractivity contribution in [2.75, 3.05) is 42.3 Å². The van der Waals surface area contributed by atoms with Gasteiger partial charge in [0, 0.05) is 5.56 Å². The number of rotatable bonds is 9. The summed E-state index contributed by atoms with van der Waals surface area (Å²) in [5, 5.41) is 0. The Morgan fingerprint density at radius 1 is 0.618 bits per heavy atom. The van der Waals surface area contributed by atoms with Gasteiger partial charge >= 0.3 is 0 Å². The fraction of sp³-hybridized carbons (Fsp3) is 0.333. The second-order valence-corrected chi connectivity index (χ2v) is 12.6. The monoisotopic (exact) mass is 480 g/mol. The van der Waals surface area contributed by atoms with E-state index in [2.05, 4.69) is 69.3 Å². The lowest BCUT2D eigenvalue weighted by molar-refractivity contribution is 0.451. The van der Waals surface area contributed by atoms with Gasteiger partial charge in [0.1, 0.15) is 23.0 Å². The second kappa shape index (κ2) is 11.2. The smallest absolute Gasteiger partial charge is 0.166 e. The van der Waals surface area contributed by atoms with E-state index in [1.54, 1.807) is 0 Å². The molecule has 0 atom stereocenters. The van der Waals surface area contributed by atoms with Crippen molar-refractivity contribution in [2.24, 2.45) is 4.74 Å². The maximum absolute atomic E-state index is 6.39. The fourth-order valence-corrected chi connectivity index (χ4v) is 7.36. The molecule has 0 fully saturated rings. The molecule has 0 aliphatic carbocycles. The Labute approximate surface area is 204 Å². The SMILES string of the molecule is Cc1c(CN=P(N(C)C)(N(C)C)N(C)C)cccc1Oc1cccc(Oc2ccccc2)c1C. The first-order chi connectivity index (χ1) is 16.2. The molecule has 7 heteroatoms. The molecule has 0 aliphatic heterocycles. The first-order valence-electron chi connectivity index (χ1n) is 11.4. The average molecular weight is 481 g/mol. The van der Waals surface area contributed by atoms with Gasteiger partial charge in [-0.1, -0.05) is 36.4 Å². The summed E-state index contributed by atoms with van der Waals surface area (Å²) in [6.07, 6.45) is 0. The Balaban J connectivity index is 1.89. The van der Waals surface area contributed by atoms with Crippen LogP contribution in [0.3, 0.4) is 0 Å². The molecule has 0 radical (unpaired) electrons. The number of para-hydroxylation sites is 1. The number of nitrogens with zero attached hydrogens (tertiary/aromatic N) is 4. The van der Waals surface area contributed by atoms with Gasteiger partial charge in [0.05, 0.1) is 6.54 Å². The van der Waals surface area contributed by atoms with Gasteiger partial charge in [-0.2, -0.15) is 0 Å². The van der Waals surface area contributed by atoms with Gasteiger partial charge in [0.2, 0.25) is 0 Å². The molecule has 0 saturated carbocycles. The summed E-state index contributed by atoms with van der Waals surface area (Å²) in [4.78, 5) is 0. The zero-order chi connectivity index (χ0) is 24.9. The molecule has 182 valence electrons. The van der Waals surface area contributed by atoms with Gasteiger partial charge in [-0.05, 0) is 97.6 Å². The molecule has 0 spiro atoms. The molecule has 0 amide bonds. The summed E-state index contributed by atoms with van der Waals surface area (Å²) in [5.74, 6) is 3.19. The predicted octanol–water partition coefficient (Wildman–Crippen LogP) is 7.02. The van der Waals surface area contributed by atoms with Crippen LogP contribution in [0.5, 0.6) is 23.0 Å². The van der Waals surface area contributed by atoms with Gasteiger partial charge in [0.25, 0.3) is 0 Å². The molecule has 0 aliphatic rings. The molecule has 6 nitrogen and oxygen atoms in total. The molecule has 3 rings (SSSR count). The molecule has 0 saturated heterocycles. The van der Waals surface area contributed by atoms with Gasteiger partial charge < -0.3 is 9.47 Å². The van der Waals surface area contributed by atoms with Crippen LogP contribution in [-0.4, -0.2) is 56.3 Å². The van der Waals surface area contributed by atoms with E-state index in [9.17, 15) is 0 Å². The van der Waals surface area contributed by atoms with E-state index in [1.165, 1.54) is 0 Å². The minimum absolute atomic E-state index is 0.613. The summed E-state index contributed by atoms with van der Waals surface area (Å²) in [7, 11) is 10.6. The summed E-state index contributed by atoms with van der Waals surface area (Å²) in [6.45, 7) is 4.73. The van der Waals surface area contributed by atoms with Crippen molar-refractivity contribution < 1.29 is 9.47 Å². The average Bonchev–Trinajstić information content (AvgIpc) is 2.79. The van der Waals surface area contributed by atoms with Crippen molar-refractivity contribution in [1.82, 2.24) is 14.0 Å². The molecule has 0 N–H and O–H groups in total. The molecule has 34 heavy (non-hydrogen) atoms. The highest BCUT2D eigenvalue weighted by Gasteiger charge is 2.28. The minimum atomic E-state index is -1.96. The minimum Gasteiger partial charge on any atom is -0.457 e. The van der Waals surface area contributed by atoms with Crippen LogP contribution < -0.4 is 9.47 Å². The van der Waals surface area contributed by atoms with Crippen LogP contribution in [-0.2, 0) is 6.54 Å². The van der Waals surface area contributed by atoms with Crippen LogP contribution in [0.1, 0.15) is 16.7 Å². The lowest BCUT2D eigenvalue weighted by Crippen LogP contribution is -2.30. The van der Waals surface area contributed by atoms with E-state index in [0.29, 0.717) is 6.54 Å². The number of benzene rings is 3. The lowest BCUT2D eigenvalue weighted by atomic mass is 10.1. The van der Waals surface area contributed by atoms with Gasteiger partial charge in [-0.3, -0.25) is 18.8 Å². The zero-order valence-corrected chi connectivity index (χ0v) is 22.5. The van der Waals surface area contributed by atoms with Crippen molar-refractivity contribution >= 4 is 7.51 Å². The standard InChI is InChI=1S/C27H37N4O2P/c1-21-23(20-28-34(29(3)4,30(5)6)31(7)8)14-12-17-25(21)33-27-19-13-18-26(22(27)2)32-24-15-10-9-11-16-24/h9-19H,20H2,1-8H3. The van der Waals surface area contributed by atoms with Crippen molar-refractivity contribution in [2.45, 2.75) is 20.4 Å². The Kier molecular flexibility index (Phi) is 8.56. The Morgan fingerprint density at radius 2 is 1.12 bits per heavy atom. The maximum Gasteiger partial charge on any atom is 0.166 e. The van der Waals surface area contributed by atoms with Crippen LogP contribution in [0.4, 0.5) is 0 Å². The van der Waals surface area contributed by atoms with E-state index in [-0.39, 0.29) is 0 Å². The van der Waals surface area contributed by atoms with Crippen LogP contribution >= 0.6 is 7.51 Å². The highest BCUT2D eigenvalue weighted by molar-refractivity contribution is 7.58. The molecule has 3 aromatic carbocycles. The summed E-state index contributed by atoms with van der Waals surface area (Å²) < 4.78 is 24.4. The molecule has 0 heterocycles. The van der Waals surface area contributed by atoms with Crippen LogP contribution in [0, 0.1) is 13.8 Å². The third kappa shape index (κ3) is 5.53. The third-order valence-electron chi connectivity index (χ3n) is 5.86. The zero-order valence-electron chi connectivity index (χ0n) is 21.6. The van der Waals surface area contributed by atoms with Gasteiger partial charge in [-0.15, -0.1) is 0 Å². The molecular weight excluding hydrogens is 443 g/mol. The quantitative estimate of drug-likeness (QED) is 0.308. The maximum atomic E-state index is 6.39. The summed E-state index contributed by atoms with van der Waals surface area (Å²) >= 11 is 0. The Bertz CT molecular complexity index is 1130. The second-order valence-electron chi connectivity index (χ2n) is 8.81. The fourth-order valence-electron chi connectivity index (χ4n) is 4.12. The van der Waals surface area contributed by atoms with E-state index in [1.807, 2.05) is 67.6 Å². The van der Waals surface area contributed by atoms with Crippen LogP contribution in [0.2, 0.25) is 0 Å². The molecule has 0 bridgehead atoms. The highest BCUT2D eigenvalue weighted by Crippen LogP contribution is 2.55. The molecule has 0 aromatic heterocycles. The van der Waals surface area contributed by atoms with Crippen molar-refractivity contribution in [3.8, 4) is 23.0 Å². The van der Waals surface area contributed by atoms with Crippen molar-refractivity contribution in [1.29, 1.82) is 0 Å². The molecule has 3 aromatic rings. The summed E-state index contributed by atoms with van der Waals surface area (Å²) in [6, 6.07) is 21.9. The summed E-state index contributed by atoms with van der Waals surface area (Å²) in [5.41, 5.74) is 3.20. The van der Waals surface area contributed by atoms with E-state index < -0.39 is 7.51 Å². The topological polar surface area (TPSA) is 40.5 Å². The first kappa shape index (κ1) is 26.0. The van der Waals surface area contributed by atoms with E-state index >= 15 is 0 Å². The third-order valence-corrected chi connectivity index (χ3v) is 9.60. The lowest BCUT2D eigenvalue weighted by Gasteiger charge is -2.41. The normalized spacial score (nSPS) is 11.9. The molecular formula is C27H37N4O2P. The molecule has 0 unspecified atom stereocenters. The van der Waals surface area contributed by atoms with Crippen molar-refractivity contribution in [3.05, 3.63) is 83.4 Å². The first-order valence-corrected chi connectivity index (χ1v) is 13.0. The number of hydrogen-bond donors (Lipinski definition) is 0. The number of hydrogen-bond acceptors (Lipinski definition) is 3. The van der Waals surface area contributed by atoms with Crippen LogP contribution in [0.15, 0.2) is 71.5 Å². The predicted molar refractivity (Wildman–Crippen MR) is 143 cm³/mol. The Hall–Kier alpha value is -2.63. The Morgan fingerprint density at radius 3 is 1.68 bits per heavy atom.